The fourth-order valence-electron chi connectivity index (χ4n) is 2.13. The fourth-order valence-corrected chi connectivity index (χ4v) is 7.77. The highest BCUT2D eigenvalue weighted by molar-refractivity contribution is 6.71. The molecule has 0 aliphatic heterocycles. The average Bonchev–Trinajstić information content (AvgIpc) is 2.63. The minimum Gasteiger partial charge on any atom is -0.376 e. The van der Waals surface area contributed by atoms with Gasteiger partial charge in [-0.2, -0.15) is 0 Å². The second kappa shape index (κ2) is 15.8. The molecule has 0 radical (unpaired) electrons. The molecule has 0 rings (SSSR count). The summed E-state index contributed by atoms with van der Waals surface area (Å²) in [5.74, 6) is 0. The van der Waals surface area contributed by atoms with Gasteiger partial charge in [-0.05, 0) is 33.6 Å². The molecule has 0 heterocycles. The van der Waals surface area contributed by atoms with Crippen LogP contribution in [0.2, 0.25) is 0 Å². The summed E-state index contributed by atoms with van der Waals surface area (Å²) in [7, 11) is -0.509. The predicted molar refractivity (Wildman–Crippen MR) is 107 cm³/mol. The quantitative estimate of drug-likeness (QED) is 0.319. The highest BCUT2D eigenvalue weighted by Crippen LogP contribution is 2.22. The fraction of sp³-hybridized carbons (Fsp3) is 1.00. The first-order valence-electron chi connectivity index (χ1n) is 8.68. The van der Waals surface area contributed by atoms with Crippen LogP contribution in [0.1, 0.15) is 47.5 Å². The molecule has 154 valence electrons. The van der Waals surface area contributed by atoms with Gasteiger partial charge in [0.25, 0.3) is 0 Å². The second-order valence-electron chi connectivity index (χ2n) is 4.87. The summed E-state index contributed by atoms with van der Waals surface area (Å²) in [5, 5.41) is -0.315. The first-order chi connectivity index (χ1) is 11.8. The van der Waals surface area contributed by atoms with Crippen LogP contribution in [0.5, 0.6) is 0 Å². The molecule has 6 nitrogen and oxygen atoms in total. The second-order valence-corrected chi connectivity index (χ2v) is 12.6. The Kier molecular flexibility index (Phi) is 17.7. The third kappa shape index (κ3) is 9.00. The van der Waals surface area contributed by atoms with Crippen molar-refractivity contribution in [3.8, 4) is 0 Å². The van der Waals surface area contributed by atoms with Crippen molar-refractivity contribution < 1.29 is 26.6 Å². The number of hydrogen-bond donors (Lipinski definition) is 0. The van der Waals surface area contributed by atoms with Gasteiger partial charge < -0.3 is 26.6 Å². The van der Waals surface area contributed by atoms with Gasteiger partial charge in [0, 0.05) is 41.2 Å². The Labute approximate surface area is 166 Å². The molecule has 10 heteroatoms. The van der Waals surface area contributed by atoms with E-state index >= 15 is 0 Å². The van der Waals surface area contributed by atoms with Gasteiger partial charge in [0.2, 0.25) is 0 Å². The van der Waals surface area contributed by atoms with Crippen molar-refractivity contribution in [1.82, 2.24) is 0 Å². The summed E-state index contributed by atoms with van der Waals surface area (Å²) in [6.45, 7) is 11.5. The van der Waals surface area contributed by atoms with Gasteiger partial charge in [-0.1, -0.05) is 13.8 Å². The molecule has 0 saturated carbocycles. The standard InChI is InChI=1S/C9H21ClO3Si.C6H15ClO3Si/c1-5-9(10)14(11-6-2,12-7-3)13-8-4;1-5-6(7)11(8-2,9-3)10-4/h9H,5-8H2,1-4H3;6H,5H2,1-4H3. The highest BCUT2D eigenvalue weighted by atomic mass is 35.5. The molecule has 0 spiro atoms. The maximum atomic E-state index is 6.21. The summed E-state index contributed by atoms with van der Waals surface area (Å²) in [5.41, 5.74) is 0. The zero-order valence-corrected chi connectivity index (χ0v) is 20.4. The summed E-state index contributed by atoms with van der Waals surface area (Å²) in [6.07, 6.45) is 1.58. The van der Waals surface area contributed by atoms with Crippen LogP contribution in [0, 0.1) is 0 Å². The van der Waals surface area contributed by atoms with Crippen LogP contribution in [-0.2, 0) is 26.6 Å². The van der Waals surface area contributed by atoms with Crippen molar-refractivity contribution in [2.75, 3.05) is 41.2 Å². The number of alkyl halides is 2. The molecule has 0 aromatic heterocycles. The van der Waals surface area contributed by atoms with E-state index in [0.717, 1.165) is 12.8 Å². The highest BCUT2D eigenvalue weighted by Gasteiger charge is 2.47. The normalized spacial score (nSPS) is 14.6. The van der Waals surface area contributed by atoms with Gasteiger partial charge in [-0.25, -0.2) is 0 Å². The van der Waals surface area contributed by atoms with Crippen LogP contribution in [-0.4, -0.2) is 68.8 Å². The largest absolute Gasteiger partial charge is 0.519 e. The molecule has 2 unspecified atom stereocenters. The molecule has 0 amide bonds. The topological polar surface area (TPSA) is 55.4 Å². The molecule has 0 aromatic carbocycles. The molecular formula is C15H36Cl2O6Si2. The van der Waals surface area contributed by atoms with Crippen LogP contribution in [0.3, 0.4) is 0 Å². The van der Waals surface area contributed by atoms with E-state index in [1.54, 1.807) is 21.3 Å². The van der Waals surface area contributed by atoms with Crippen molar-refractivity contribution >= 4 is 40.8 Å². The Morgan fingerprint density at radius 1 is 0.600 bits per heavy atom. The van der Waals surface area contributed by atoms with Gasteiger partial charge in [0.1, 0.15) is 10.0 Å². The molecule has 0 bridgehead atoms. The molecular weight excluding hydrogens is 403 g/mol. The average molecular weight is 440 g/mol. The number of hydrogen-bond acceptors (Lipinski definition) is 6. The van der Waals surface area contributed by atoms with Crippen molar-refractivity contribution in [2.45, 2.75) is 57.5 Å². The Balaban J connectivity index is 0. The van der Waals surface area contributed by atoms with Crippen LogP contribution in [0.15, 0.2) is 0 Å². The Morgan fingerprint density at radius 2 is 0.880 bits per heavy atom. The summed E-state index contributed by atoms with van der Waals surface area (Å²) in [6, 6.07) is 0. The molecule has 2 atom stereocenters. The Bertz CT molecular complexity index is 286. The van der Waals surface area contributed by atoms with E-state index in [4.69, 9.17) is 49.8 Å². The van der Waals surface area contributed by atoms with Gasteiger partial charge >= 0.3 is 17.6 Å². The van der Waals surface area contributed by atoms with Crippen molar-refractivity contribution in [1.29, 1.82) is 0 Å². The van der Waals surface area contributed by atoms with Crippen molar-refractivity contribution in [3.05, 3.63) is 0 Å². The smallest absolute Gasteiger partial charge is 0.376 e. The molecule has 0 saturated heterocycles. The SMILES string of the molecule is CCC(Cl)[Si](OC)(OC)OC.CCO[Si](OCC)(OCC)C(Cl)CC. The molecule has 0 aliphatic carbocycles. The minimum atomic E-state index is -2.63. The zero-order chi connectivity index (χ0) is 19.9. The molecule has 0 aromatic rings. The Morgan fingerprint density at radius 3 is 1.04 bits per heavy atom. The van der Waals surface area contributed by atoms with Gasteiger partial charge in [0.15, 0.2) is 0 Å². The van der Waals surface area contributed by atoms with E-state index in [1.165, 1.54) is 0 Å². The third-order valence-electron chi connectivity index (χ3n) is 3.37. The maximum Gasteiger partial charge on any atom is 0.519 e. The van der Waals surface area contributed by atoms with E-state index < -0.39 is 17.6 Å². The van der Waals surface area contributed by atoms with Gasteiger partial charge in [-0.3, -0.25) is 0 Å². The molecule has 0 N–H and O–H groups in total. The van der Waals surface area contributed by atoms with E-state index in [1.807, 2.05) is 34.6 Å². The number of halogens is 2. The first-order valence-corrected chi connectivity index (χ1v) is 13.2. The summed E-state index contributed by atoms with van der Waals surface area (Å²) >= 11 is 12.2. The third-order valence-corrected chi connectivity index (χ3v) is 11.7. The minimum absolute atomic E-state index is 0.151. The first kappa shape index (κ1) is 28.0. The molecule has 25 heavy (non-hydrogen) atoms. The van der Waals surface area contributed by atoms with Crippen LogP contribution >= 0.6 is 23.2 Å². The lowest BCUT2D eigenvalue weighted by Crippen LogP contribution is -2.54. The zero-order valence-electron chi connectivity index (χ0n) is 16.9. The summed E-state index contributed by atoms with van der Waals surface area (Å²) in [4.78, 5) is 0. The molecule has 0 aliphatic rings. The van der Waals surface area contributed by atoms with Crippen molar-refractivity contribution in [2.24, 2.45) is 0 Å². The monoisotopic (exact) mass is 438 g/mol. The van der Waals surface area contributed by atoms with E-state index in [9.17, 15) is 0 Å². The molecule has 0 fully saturated rings. The van der Waals surface area contributed by atoms with E-state index in [2.05, 4.69) is 0 Å². The van der Waals surface area contributed by atoms with Crippen LogP contribution in [0.25, 0.3) is 0 Å². The van der Waals surface area contributed by atoms with E-state index in [-0.39, 0.29) is 10.0 Å². The maximum absolute atomic E-state index is 6.21. The lowest BCUT2D eigenvalue weighted by atomic mass is 10.6. The van der Waals surface area contributed by atoms with Crippen LogP contribution < -0.4 is 0 Å². The Hall–Kier alpha value is 0.774. The van der Waals surface area contributed by atoms with Gasteiger partial charge in [-0.15, -0.1) is 23.2 Å². The van der Waals surface area contributed by atoms with Gasteiger partial charge in [0.05, 0.1) is 0 Å². The van der Waals surface area contributed by atoms with E-state index in [0.29, 0.717) is 19.8 Å². The van der Waals surface area contributed by atoms with Crippen molar-refractivity contribution in [3.63, 3.8) is 0 Å². The predicted octanol–water partition coefficient (Wildman–Crippen LogP) is 4.01. The lowest BCUT2D eigenvalue weighted by molar-refractivity contribution is 0.0686. The number of rotatable bonds is 13. The lowest BCUT2D eigenvalue weighted by Gasteiger charge is -2.31. The summed E-state index contributed by atoms with van der Waals surface area (Å²) < 4.78 is 32.3. The van der Waals surface area contributed by atoms with Crippen LogP contribution in [0.4, 0.5) is 0 Å².